The highest BCUT2D eigenvalue weighted by Gasteiger charge is 2.19. The fourth-order valence-corrected chi connectivity index (χ4v) is 1.86. The highest BCUT2D eigenvalue weighted by atomic mass is 32.2. The van der Waals surface area contributed by atoms with Gasteiger partial charge in [-0.1, -0.05) is 0 Å². The number of hydrogen-bond acceptors (Lipinski definition) is 5. The summed E-state index contributed by atoms with van der Waals surface area (Å²) in [5.41, 5.74) is 1.41. The molecule has 0 saturated carbocycles. The summed E-state index contributed by atoms with van der Waals surface area (Å²) in [7, 11) is 0. The average Bonchev–Trinajstić information content (AvgIpc) is 2.42. The van der Waals surface area contributed by atoms with Crippen molar-refractivity contribution in [3.8, 4) is 0 Å². The number of carbonyl (C=O) groups is 2. The molecule has 8 heteroatoms. The topological polar surface area (TPSA) is 104 Å². The molecule has 110 valence electrons. The molecule has 0 bridgehead atoms. The number of carboxylic acid groups (broad SMARTS) is 1. The van der Waals surface area contributed by atoms with Crippen LogP contribution in [0, 0.1) is 6.92 Å². The number of amides is 2. The van der Waals surface area contributed by atoms with Crippen molar-refractivity contribution < 1.29 is 14.7 Å². The van der Waals surface area contributed by atoms with Crippen LogP contribution in [0.5, 0.6) is 0 Å². The molecule has 2 amide bonds. The molecule has 1 rings (SSSR count). The van der Waals surface area contributed by atoms with Crippen LogP contribution in [0.1, 0.15) is 17.8 Å². The van der Waals surface area contributed by atoms with Gasteiger partial charge in [0, 0.05) is 6.20 Å². The van der Waals surface area contributed by atoms with Crippen LogP contribution in [-0.4, -0.2) is 45.1 Å². The zero-order valence-corrected chi connectivity index (χ0v) is 12.2. The third-order valence-electron chi connectivity index (χ3n) is 2.48. The van der Waals surface area contributed by atoms with E-state index in [0.717, 1.165) is 5.69 Å². The van der Waals surface area contributed by atoms with E-state index >= 15 is 0 Å². The summed E-state index contributed by atoms with van der Waals surface area (Å²) >= 11 is 1.53. The number of carboxylic acids is 1. The first kappa shape index (κ1) is 16.2. The Kier molecular flexibility index (Phi) is 6.78. The number of carbonyl (C=O) groups excluding carboxylic acids is 1. The lowest BCUT2D eigenvalue weighted by Crippen LogP contribution is -2.46. The molecule has 3 N–H and O–H groups in total. The summed E-state index contributed by atoms with van der Waals surface area (Å²) in [5, 5.41) is 14.0. The Bertz CT molecular complexity index is 453. The van der Waals surface area contributed by atoms with Gasteiger partial charge in [0.15, 0.2) is 0 Å². The zero-order valence-electron chi connectivity index (χ0n) is 11.4. The second kappa shape index (κ2) is 8.36. The van der Waals surface area contributed by atoms with Gasteiger partial charge in [0.25, 0.3) is 0 Å². The average molecular weight is 298 g/mol. The van der Waals surface area contributed by atoms with Gasteiger partial charge in [-0.05, 0) is 25.4 Å². The standard InChI is InChI=1S/C12H18N4O3S/c1-8-5-14-9(6-13-8)7-15-12(19)16-10(11(17)18)3-4-20-2/h5-6,10H,3-4,7H2,1-2H3,(H,17,18)(H2,15,16,19)/t10-/m0/s1. The first-order chi connectivity index (χ1) is 9.52. The predicted molar refractivity (Wildman–Crippen MR) is 76.6 cm³/mol. The van der Waals surface area contributed by atoms with E-state index < -0.39 is 18.0 Å². The van der Waals surface area contributed by atoms with Crippen molar-refractivity contribution in [1.29, 1.82) is 0 Å². The molecule has 1 atom stereocenters. The van der Waals surface area contributed by atoms with Crippen LogP contribution in [-0.2, 0) is 11.3 Å². The van der Waals surface area contributed by atoms with Gasteiger partial charge in [-0.15, -0.1) is 0 Å². The lowest BCUT2D eigenvalue weighted by molar-refractivity contribution is -0.139. The van der Waals surface area contributed by atoms with Crippen LogP contribution < -0.4 is 10.6 Å². The molecule has 20 heavy (non-hydrogen) atoms. The molecule has 1 heterocycles. The van der Waals surface area contributed by atoms with Crippen molar-refractivity contribution in [2.75, 3.05) is 12.0 Å². The molecule has 0 aliphatic heterocycles. The Morgan fingerprint density at radius 2 is 2.15 bits per heavy atom. The molecule has 0 unspecified atom stereocenters. The van der Waals surface area contributed by atoms with Crippen molar-refractivity contribution in [2.45, 2.75) is 25.9 Å². The minimum Gasteiger partial charge on any atom is -0.480 e. The SMILES string of the molecule is CSCC[C@H](NC(=O)NCc1cnc(C)cn1)C(=O)O. The first-order valence-electron chi connectivity index (χ1n) is 6.06. The number of rotatable bonds is 7. The van der Waals surface area contributed by atoms with Gasteiger partial charge in [-0.25, -0.2) is 9.59 Å². The smallest absolute Gasteiger partial charge is 0.326 e. The van der Waals surface area contributed by atoms with E-state index in [0.29, 0.717) is 17.9 Å². The van der Waals surface area contributed by atoms with Gasteiger partial charge in [-0.2, -0.15) is 11.8 Å². The molecular formula is C12H18N4O3S. The molecular weight excluding hydrogens is 280 g/mol. The third kappa shape index (κ3) is 5.87. The van der Waals surface area contributed by atoms with E-state index in [1.165, 1.54) is 11.8 Å². The minimum atomic E-state index is -1.04. The molecule has 0 fully saturated rings. The molecule has 1 aromatic heterocycles. The minimum absolute atomic E-state index is 0.202. The van der Waals surface area contributed by atoms with Crippen molar-refractivity contribution in [1.82, 2.24) is 20.6 Å². The van der Waals surface area contributed by atoms with E-state index in [4.69, 9.17) is 5.11 Å². The number of urea groups is 1. The number of aryl methyl sites for hydroxylation is 1. The molecule has 1 aromatic rings. The van der Waals surface area contributed by atoms with E-state index in [1.54, 1.807) is 12.4 Å². The zero-order chi connectivity index (χ0) is 15.0. The summed E-state index contributed by atoms with van der Waals surface area (Å²) in [6, 6.07) is -1.41. The fourth-order valence-electron chi connectivity index (χ4n) is 1.38. The van der Waals surface area contributed by atoms with E-state index in [2.05, 4.69) is 20.6 Å². The number of nitrogens with zero attached hydrogens (tertiary/aromatic N) is 2. The largest absolute Gasteiger partial charge is 0.480 e. The Labute approximate surface area is 121 Å². The second-order valence-corrected chi connectivity index (χ2v) is 5.13. The van der Waals surface area contributed by atoms with Crippen LogP contribution >= 0.6 is 11.8 Å². The summed E-state index contributed by atoms with van der Waals surface area (Å²) in [5.74, 6) is -0.370. The lowest BCUT2D eigenvalue weighted by Gasteiger charge is -2.14. The Morgan fingerprint density at radius 3 is 2.70 bits per heavy atom. The van der Waals surface area contributed by atoms with Crippen LogP contribution in [0.2, 0.25) is 0 Å². The van der Waals surface area contributed by atoms with Crippen molar-refractivity contribution in [3.63, 3.8) is 0 Å². The van der Waals surface area contributed by atoms with Gasteiger partial charge in [0.2, 0.25) is 0 Å². The number of hydrogen-bond donors (Lipinski definition) is 3. The summed E-state index contributed by atoms with van der Waals surface area (Å²) < 4.78 is 0. The van der Waals surface area contributed by atoms with Crippen LogP contribution in [0.25, 0.3) is 0 Å². The maximum atomic E-state index is 11.6. The fraction of sp³-hybridized carbons (Fsp3) is 0.500. The van der Waals surface area contributed by atoms with Gasteiger partial charge in [0.1, 0.15) is 6.04 Å². The molecule has 0 saturated heterocycles. The Morgan fingerprint density at radius 1 is 1.40 bits per heavy atom. The molecule has 0 spiro atoms. The van der Waals surface area contributed by atoms with Crippen LogP contribution in [0.3, 0.4) is 0 Å². The van der Waals surface area contributed by atoms with Crippen LogP contribution in [0.15, 0.2) is 12.4 Å². The van der Waals surface area contributed by atoms with Gasteiger partial charge >= 0.3 is 12.0 Å². The van der Waals surface area contributed by atoms with Gasteiger partial charge < -0.3 is 15.7 Å². The third-order valence-corrected chi connectivity index (χ3v) is 3.12. The number of nitrogens with one attached hydrogen (secondary N) is 2. The summed E-state index contributed by atoms with van der Waals surface area (Å²) in [6.45, 7) is 2.02. The predicted octanol–water partition coefficient (Wildman–Crippen LogP) is 0.791. The second-order valence-electron chi connectivity index (χ2n) is 4.15. The maximum Gasteiger partial charge on any atom is 0.326 e. The lowest BCUT2D eigenvalue weighted by atomic mass is 10.2. The molecule has 0 radical (unpaired) electrons. The van der Waals surface area contributed by atoms with E-state index in [1.807, 2.05) is 13.2 Å². The first-order valence-corrected chi connectivity index (χ1v) is 7.46. The highest BCUT2D eigenvalue weighted by Crippen LogP contribution is 2.01. The normalized spacial score (nSPS) is 11.7. The van der Waals surface area contributed by atoms with Crippen molar-refractivity contribution >= 4 is 23.8 Å². The maximum absolute atomic E-state index is 11.6. The quantitative estimate of drug-likeness (QED) is 0.687. The Hall–Kier alpha value is -1.83. The monoisotopic (exact) mass is 298 g/mol. The molecule has 7 nitrogen and oxygen atoms in total. The Balaban J connectivity index is 2.41. The van der Waals surface area contributed by atoms with E-state index in [9.17, 15) is 9.59 Å². The van der Waals surface area contributed by atoms with Crippen LogP contribution in [0.4, 0.5) is 4.79 Å². The summed E-state index contributed by atoms with van der Waals surface area (Å²) in [6.07, 6.45) is 5.44. The molecule has 0 aromatic carbocycles. The van der Waals surface area contributed by atoms with Gasteiger partial charge in [-0.3, -0.25) is 9.97 Å². The van der Waals surface area contributed by atoms with Crippen molar-refractivity contribution in [3.05, 3.63) is 23.8 Å². The molecule has 0 aliphatic carbocycles. The van der Waals surface area contributed by atoms with Gasteiger partial charge in [0.05, 0.1) is 24.1 Å². The number of aliphatic carboxylic acids is 1. The number of aromatic nitrogens is 2. The number of thioether (sulfide) groups is 1. The summed E-state index contributed by atoms with van der Waals surface area (Å²) in [4.78, 5) is 30.7. The highest BCUT2D eigenvalue weighted by molar-refractivity contribution is 7.98. The molecule has 0 aliphatic rings. The van der Waals surface area contributed by atoms with E-state index in [-0.39, 0.29) is 6.54 Å². The van der Waals surface area contributed by atoms with Crippen molar-refractivity contribution in [2.24, 2.45) is 0 Å².